The van der Waals surface area contributed by atoms with Crippen LogP contribution in [0.1, 0.15) is 4.88 Å². The van der Waals surface area contributed by atoms with Crippen molar-refractivity contribution in [3.05, 3.63) is 75.1 Å². The summed E-state index contributed by atoms with van der Waals surface area (Å²) in [6.07, 6.45) is 0.203. The molecule has 0 unspecified atom stereocenters. The monoisotopic (exact) mass is 405 g/mol. The van der Waals surface area contributed by atoms with E-state index in [-0.39, 0.29) is 36.0 Å². The van der Waals surface area contributed by atoms with Crippen LogP contribution in [0.25, 0.3) is 22.1 Å². The summed E-state index contributed by atoms with van der Waals surface area (Å²) in [5.41, 5.74) is 1.05. The molecule has 0 saturated heterocycles. The van der Waals surface area contributed by atoms with E-state index in [0.29, 0.717) is 28.0 Å². The van der Waals surface area contributed by atoms with Crippen molar-refractivity contribution in [2.45, 2.75) is 6.42 Å². The second-order valence-corrected chi connectivity index (χ2v) is 7.54. The molecule has 6 nitrogen and oxygen atoms in total. The highest BCUT2D eigenvalue weighted by molar-refractivity contribution is 7.10. The lowest BCUT2D eigenvalue weighted by molar-refractivity contribution is -0.115. The lowest BCUT2D eigenvalue weighted by atomic mass is 10.0. The molecule has 0 spiro atoms. The van der Waals surface area contributed by atoms with Crippen LogP contribution in [0.4, 0.5) is 5.88 Å². The number of fused-ring (bicyclic) bond motifs is 2. The number of para-hydroxylation sites is 1. The Morgan fingerprint density at radius 1 is 1.03 bits per heavy atom. The van der Waals surface area contributed by atoms with E-state index in [0.717, 1.165) is 4.88 Å². The van der Waals surface area contributed by atoms with Gasteiger partial charge in [0, 0.05) is 4.88 Å². The summed E-state index contributed by atoms with van der Waals surface area (Å²) in [6.45, 7) is 0.134. The maximum atomic E-state index is 13.3. The van der Waals surface area contributed by atoms with Crippen molar-refractivity contribution in [3.8, 4) is 22.6 Å². The predicted molar refractivity (Wildman–Crippen MR) is 111 cm³/mol. The van der Waals surface area contributed by atoms with E-state index in [1.165, 1.54) is 11.3 Å². The fourth-order valence-electron chi connectivity index (χ4n) is 3.29. The van der Waals surface area contributed by atoms with Gasteiger partial charge in [-0.05, 0) is 41.3 Å². The van der Waals surface area contributed by atoms with Crippen LogP contribution in [0.5, 0.6) is 11.5 Å². The van der Waals surface area contributed by atoms with Gasteiger partial charge in [0.15, 0.2) is 11.5 Å². The minimum atomic E-state index is -0.257. The molecule has 0 bridgehead atoms. The van der Waals surface area contributed by atoms with Crippen LogP contribution in [0.2, 0.25) is 0 Å². The van der Waals surface area contributed by atoms with Crippen LogP contribution in [-0.2, 0) is 11.2 Å². The normalized spacial score (nSPS) is 12.3. The Hall–Kier alpha value is -3.58. The molecule has 0 saturated carbocycles. The fourth-order valence-corrected chi connectivity index (χ4v) is 3.99. The van der Waals surface area contributed by atoms with Gasteiger partial charge < -0.3 is 13.9 Å². The first-order chi connectivity index (χ1) is 14.2. The van der Waals surface area contributed by atoms with Gasteiger partial charge in [0.25, 0.3) is 0 Å². The summed E-state index contributed by atoms with van der Waals surface area (Å²) in [6, 6.07) is 16.0. The molecule has 144 valence electrons. The Kier molecular flexibility index (Phi) is 4.29. The van der Waals surface area contributed by atoms with E-state index in [1.54, 1.807) is 42.5 Å². The zero-order valence-electron chi connectivity index (χ0n) is 15.1. The lowest BCUT2D eigenvalue weighted by Gasteiger charge is -2.11. The maximum absolute atomic E-state index is 13.3. The van der Waals surface area contributed by atoms with Crippen molar-refractivity contribution < 1.29 is 18.7 Å². The SMILES string of the molecule is O=C(Cc1cccs1)Nc1oc2ccccc2c(=O)c1-c1ccc2c(c1)OCO2. The van der Waals surface area contributed by atoms with Gasteiger partial charge in [-0.1, -0.05) is 24.3 Å². The van der Waals surface area contributed by atoms with E-state index < -0.39 is 0 Å². The highest BCUT2D eigenvalue weighted by Gasteiger charge is 2.21. The summed E-state index contributed by atoms with van der Waals surface area (Å²) in [7, 11) is 0. The molecule has 0 aliphatic carbocycles. The minimum Gasteiger partial charge on any atom is -0.454 e. The Morgan fingerprint density at radius 3 is 2.76 bits per heavy atom. The molecule has 0 atom stereocenters. The van der Waals surface area contributed by atoms with Crippen LogP contribution in [0.15, 0.2) is 69.2 Å². The molecule has 4 aromatic rings. The van der Waals surface area contributed by atoms with E-state index in [4.69, 9.17) is 13.9 Å². The van der Waals surface area contributed by atoms with E-state index >= 15 is 0 Å². The first-order valence-corrected chi connectivity index (χ1v) is 9.85. The number of benzene rings is 2. The number of nitrogens with one attached hydrogen (secondary N) is 1. The maximum Gasteiger partial charge on any atom is 0.231 e. The quantitative estimate of drug-likeness (QED) is 0.543. The highest BCUT2D eigenvalue weighted by atomic mass is 32.1. The zero-order valence-corrected chi connectivity index (χ0v) is 16.0. The molecular formula is C22H15NO5S. The summed E-state index contributed by atoms with van der Waals surface area (Å²) in [5, 5.41) is 5.13. The molecule has 5 rings (SSSR count). The second kappa shape index (κ2) is 7.10. The van der Waals surface area contributed by atoms with Gasteiger partial charge in [0.2, 0.25) is 24.0 Å². The molecule has 1 aliphatic rings. The molecule has 1 N–H and O–H groups in total. The van der Waals surface area contributed by atoms with Crippen LogP contribution >= 0.6 is 11.3 Å². The molecular weight excluding hydrogens is 390 g/mol. The van der Waals surface area contributed by atoms with Gasteiger partial charge in [-0.3, -0.25) is 14.9 Å². The number of hydrogen-bond donors (Lipinski definition) is 1. The first-order valence-electron chi connectivity index (χ1n) is 8.97. The van der Waals surface area contributed by atoms with Gasteiger partial charge in [0.1, 0.15) is 5.58 Å². The third kappa shape index (κ3) is 3.25. The summed E-state index contributed by atoms with van der Waals surface area (Å²) < 4.78 is 16.7. The Bertz CT molecular complexity index is 1280. The molecule has 2 aromatic carbocycles. The van der Waals surface area contributed by atoms with E-state index in [1.807, 2.05) is 17.5 Å². The van der Waals surface area contributed by atoms with E-state index in [2.05, 4.69) is 5.32 Å². The Morgan fingerprint density at radius 2 is 1.90 bits per heavy atom. The van der Waals surface area contributed by atoms with Crippen LogP contribution in [0.3, 0.4) is 0 Å². The molecule has 1 amide bonds. The number of rotatable bonds is 4. The smallest absolute Gasteiger partial charge is 0.231 e. The molecule has 29 heavy (non-hydrogen) atoms. The third-order valence-corrected chi connectivity index (χ3v) is 5.50. The topological polar surface area (TPSA) is 77.8 Å². The lowest BCUT2D eigenvalue weighted by Crippen LogP contribution is -2.17. The standard InChI is InChI=1S/C22H15NO5S/c24-19(11-14-4-3-9-29-14)23-22-20(13-7-8-17-18(10-13)27-12-26-17)21(25)15-5-1-2-6-16(15)28-22/h1-10H,11-12H2,(H,23,24). The van der Waals surface area contributed by atoms with Crippen molar-refractivity contribution in [1.29, 1.82) is 0 Å². The van der Waals surface area contributed by atoms with Gasteiger partial charge in [0.05, 0.1) is 17.4 Å². The number of carbonyl (C=O) groups excluding carboxylic acids is 1. The number of ether oxygens (including phenoxy) is 2. The second-order valence-electron chi connectivity index (χ2n) is 6.50. The van der Waals surface area contributed by atoms with E-state index in [9.17, 15) is 9.59 Å². The number of anilines is 1. The van der Waals surface area contributed by atoms with Crippen LogP contribution in [0, 0.1) is 0 Å². The van der Waals surface area contributed by atoms with Gasteiger partial charge in [-0.2, -0.15) is 0 Å². The molecule has 0 radical (unpaired) electrons. The third-order valence-electron chi connectivity index (χ3n) is 4.63. The van der Waals surface area contributed by atoms with Crippen molar-refractivity contribution in [3.63, 3.8) is 0 Å². The first kappa shape index (κ1) is 17.5. The summed E-state index contributed by atoms with van der Waals surface area (Å²) in [4.78, 5) is 26.8. The molecule has 7 heteroatoms. The zero-order chi connectivity index (χ0) is 19.8. The highest BCUT2D eigenvalue weighted by Crippen LogP contribution is 2.37. The number of amides is 1. The van der Waals surface area contributed by atoms with Crippen LogP contribution < -0.4 is 20.2 Å². The minimum absolute atomic E-state index is 0.120. The van der Waals surface area contributed by atoms with Crippen molar-refractivity contribution >= 4 is 34.1 Å². The van der Waals surface area contributed by atoms with Crippen molar-refractivity contribution in [2.24, 2.45) is 0 Å². The molecule has 2 aromatic heterocycles. The van der Waals surface area contributed by atoms with Gasteiger partial charge in [-0.25, -0.2) is 0 Å². The Balaban J connectivity index is 1.62. The fraction of sp³-hybridized carbons (Fsp3) is 0.0909. The number of hydrogen-bond acceptors (Lipinski definition) is 6. The molecule has 0 fully saturated rings. The number of carbonyl (C=O) groups is 1. The van der Waals surface area contributed by atoms with Crippen molar-refractivity contribution in [1.82, 2.24) is 0 Å². The summed E-state index contributed by atoms with van der Waals surface area (Å²) >= 11 is 1.50. The average Bonchev–Trinajstić information content (AvgIpc) is 3.39. The average molecular weight is 405 g/mol. The predicted octanol–water partition coefficient (Wildman–Crippen LogP) is 4.43. The molecule has 3 heterocycles. The van der Waals surface area contributed by atoms with Gasteiger partial charge in [-0.15, -0.1) is 11.3 Å². The largest absolute Gasteiger partial charge is 0.454 e. The van der Waals surface area contributed by atoms with Crippen LogP contribution in [-0.4, -0.2) is 12.7 Å². The Labute approximate surface area is 169 Å². The van der Waals surface area contributed by atoms with Crippen molar-refractivity contribution in [2.75, 3.05) is 12.1 Å². The molecule has 1 aliphatic heterocycles. The summed E-state index contributed by atoms with van der Waals surface area (Å²) in [5.74, 6) is 1.02. The van der Waals surface area contributed by atoms with Gasteiger partial charge >= 0.3 is 0 Å². The number of thiophene rings is 1.